The molecule has 1 aliphatic heterocycles. The van der Waals surface area contributed by atoms with Crippen molar-refractivity contribution < 1.29 is 9.13 Å². The molecule has 0 amide bonds. The maximum absolute atomic E-state index is 13.2. The number of aryl methyl sites for hydroxylation is 1. The van der Waals surface area contributed by atoms with Crippen molar-refractivity contribution in [2.45, 2.75) is 25.3 Å². The predicted molar refractivity (Wildman–Crippen MR) is 97.9 cm³/mol. The summed E-state index contributed by atoms with van der Waals surface area (Å²) in [6, 6.07) is 12.4. The van der Waals surface area contributed by atoms with E-state index in [0.717, 1.165) is 39.6 Å². The van der Waals surface area contributed by atoms with Crippen LogP contribution in [0.15, 0.2) is 47.5 Å². The van der Waals surface area contributed by atoms with Crippen molar-refractivity contribution in [2.24, 2.45) is 0 Å². The molecule has 3 aromatic rings. The molecular weight excluding hydrogens is 335 g/mol. The zero-order chi connectivity index (χ0) is 17.4. The summed E-state index contributed by atoms with van der Waals surface area (Å²) in [5.41, 5.74) is 4.17. The lowest BCUT2D eigenvalue weighted by Crippen LogP contribution is -2.09. The zero-order valence-corrected chi connectivity index (χ0v) is 14.9. The number of benzene rings is 2. The van der Waals surface area contributed by atoms with Crippen LogP contribution in [0.1, 0.15) is 23.6 Å². The third kappa shape index (κ3) is 3.12. The quantitative estimate of drug-likeness (QED) is 0.365. The molecule has 126 valence electrons. The second-order valence-electron chi connectivity index (χ2n) is 5.97. The summed E-state index contributed by atoms with van der Waals surface area (Å²) in [7, 11) is 0. The van der Waals surface area contributed by atoms with Crippen molar-refractivity contribution in [2.75, 3.05) is 5.75 Å². The Morgan fingerprint density at radius 1 is 1.12 bits per heavy atom. The molecular formula is C20H17FN2OS. The van der Waals surface area contributed by atoms with Crippen LogP contribution in [-0.4, -0.2) is 15.7 Å². The van der Waals surface area contributed by atoms with Crippen LogP contribution in [0.3, 0.4) is 0 Å². The Labute approximate surface area is 150 Å². The van der Waals surface area contributed by atoms with E-state index < -0.39 is 0 Å². The molecule has 0 atom stereocenters. The zero-order valence-electron chi connectivity index (χ0n) is 14.0. The fourth-order valence-corrected chi connectivity index (χ4v) is 3.66. The maximum Gasteiger partial charge on any atom is 0.227 e. The molecule has 0 saturated carbocycles. The van der Waals surface area contributed by atoms with Crippen molar-refractivity contribution >= 4 is 11.8 Å². The van der Waals surface area contributed by atoms with E-state index in [4.69, 9.17) is 9.72 Å². The summed E-state index contributed by atoms with van der Waals surface area (Å²) in [5.74, 6) is 2.64. The van der Waals surface area contributed by atoms with Crippen LogP contribution in [0.4, 0.5) is 4.39 Å². The number of fused-ring (bicyclic) bond motifs is 2. The van der Waals surface area contributed by atoms with Gasteiger partial charge in [-0.05, 0) is 48.6 Å². The largest absolute Gasteiger partial charge is 0.438 e. The van der Waals surface area contributed by atoms with Gasteiger partial charge in [-0.3, -0.25) is 0 Å². The molecule has 0 saturated heterocycles. The summed E-state index contributed by atoms with van der Waals surface area (Å²) in [6.07, 6.45) is 0.762. The molecule has 2 aromatic carbocycles. The van der Waals surface area contributed by atoms with Gasteiger partial charge in [0.25, 0.3) is 0 Å². The Bertz CT molecular complexity index is 941. The Balaban J connectivity index is 1.82. The first kappa shape index (κ1) is 16.1. The van der Waals surface area contributed by atoms with Crippen LogP contribution in [0.25, 0.3) is 11.4 Å². The van der Waals surface area contributed by atoms with E-state index in [-0.39, 0.29) is 5.82 Å². The summed E-state index contributed by atoms with van der Waals surface area (Å²) in [5, 5.41) is 0.930. The van der Waals surface area contributed by atoms with Gasteiger partial charge in [0.1, 0.15) is 16.6 Å². The van der Waals surface area contributed by atoms with Gasteiger partial charge in [0, 0.05) is 12.0 Å². The van der Waals surface area contributed by atoms with E-state index in [0.29, 0.717) is 11.7 Å². The Kier molecular flexibility index (Phi) is 4.17. The molecule has 0 radical (unpaired) electrons. The lowest BCUT2D eigenvalue weighted by molar-refractivity contribution is 0.435. The summed E-state index contributed by atoms with van der Waals surface area (Å²) < 4.78 is 19.3. The van der Waals surface area contributed by atoms with Gasteiger partial charge < -0.3 is 4.74 Å². The molecule has 0 N–H and O–H groups in total. The SMILES string of the molecule is CCSc1nc(-c2ccc(F)cc2)nc2c1Cc1cc(C)ccc1O2. The standard InChI is InChI=1S/C20H17FN2OS/c1-3-25-20-16-11-14-10-12(2)4-9-17(14)24-19(16)22-18(23-20)13-5-7-15(21)8-6-13/h4-10H,3,11H2,1-2H3. The highest BCUT2D eigenvalue weighted by Crippen LogP contribution is 2.40. The molecule has 1 aromatic heterocycles. The maximum atomic E-state index is 13.2. The number of rotatable bonds is 3. The average Bonchev–Trinajstić information content (AvgIpc) is 2.61. The van der Waals surface area contributed by atoms with E-state index in [1.54, 1.807) is 23.9 Å². The summed E-state index contributed by atoms with van der Waals surface area (Å²) in [4.78, 5) is 9.33. The number of ether oxygens (including phenoxy) is 1. The third-order valence-corrected chi connectivity index (χ3v) is 5.00. The highest BCUT2D eigenvalue weighted by molar-refractivity contribution is 7.99. The molecule has 4 rings (SSSR count). The first-order valence-corrected chi connectivity index (χ1v) is 9.19. The molecule has 3 nitrogen and oxygen atoms in total. The molecule has 5 heteroatoms. The van der Waals surface area contributed by atoms with E-state index in [1.165, 1.54) is 17.7 Å². The molecule has 0 unspecified atom stereocenters. The van der Waals surface area contributed by atoms with E-state index in [1.807, 2.05) is 12.1 Å². The predicted octanol–water partition coefficient (Wildman–Crippen LogP) is 5.40. The summed E-state index contributed by atoms with van der Waals surface area (Å²) in [6.45, 7) is 4.17. The molecule has 0 spiro atoms. The van der Waals surface area contributed by atoms with Crippen LogP contribution in [0.5, 0.6) is 11.6 Å². The van der Waals surface area contributed by atoms with Gasteiger partial charge in [-0.2, -0.15) is 4.98 Å². The molecule has 0 aliphatic carbocycles. The lowest BCUT2D eigenvalue weighted by atomic mass is 10.0. The first-order valence-electron chi connectivity index (χ1n) is 8.21. The molecule has 0 bridgehead atoms. The van der Waals surface area contributed by atoms with Crippen LogP contribution in [0.2, 0.25) is 0 Å². The highest BCUT2D eigenvalue weighted by atomic mass is 32.2. The minimum Gasteiger partial charge on any atom is -0.438 e. The fourth-order valence-electron chi connectivity index (χ4n) is 2.90. The second-order valence-corrected chi connectivity index (χ2v) is 7.22. The number of hydrogen-bond acceptors (Lipinski definition) is 4. The molecule has 0 fully saturated rings. The molecule has 2 heterocycles. The van der Waals surface area contributed by atoms with Gasteiger partial charge in [-0.1, -0.05) is 24.6 Å². The van der Waals surface area contributed by atoms with Crippen molar-refractivity contribution in [3.63, 3.8) is 0 Å². The van der Waals surface area contributed by atoms with Gasteiger partial charge >= 0.3 is 0 Å². The molecule has 1 aliphatic rings. The minimum atomic E-state index is -0.273. The van der Waals surface area contributed by atoms with Gasteiger partial charge in [-0.25, -0.2) is 9.37 Å². The first-order chi connectivity index (χ1) is 12.1. The number of aromatic nitrogens is 2. The van der Waals surface area contributed by atoms with Gasteiger partial charge in [0.15, 0.2) is 5.82 Å². The Morgan fingerprint density at radius 3 is 2.68 bits per heavy atom. The average molecular weight is 352 g/mol. The number of hydrogen-bond donors (Lipinski definition) is 0. The lowest BCUT2D eigenvalue weighted by Gasteiger charge is -2.22. The van der Waals surface area contributed by atoms with Gasteiger partial charge in [0.2, 0.25) is 5.88 Å². The van der Waals surface area contributed by atoms with E-state index in [2.05, 4.69) is 24.9 Å². The monoisotopic (exact) mass is 352 g/mol. The minimum absolute atomic E-state index is 0.273. The van der Waals surface area contributed by atoms with Crippen molar-refractivity contribution in [1.82, 2.24) is 9.97 Å². The number of halogens is 1. The van der Waals surface area contributed by atoms with Gasteiger partial charge in [-0.15, -0.1) is 11.8 Å². The van der Waals surface area contributed by atoms with Crippen molar-refractivity contribution in [3.8, 4) is 23.0 Å². The van der Waals surface area contributed by atoms with E-state index in [9.17, 15) is 4.39 Å². The Morgan fingerprint density at radius 2 is 1.92 bits per heavy atom. The number of thioether (sulfide) groups is 1. The summed E-state index contributed by atoms with van der Waals surface area (Å²) >= 11 is 1.68. The van der Waals surface area contributed by atoms with Gasteiger partial charge in [0.05, 0.1) is 5.56 Å². The van der Waals surface area contributed by atoms with Crippen molar-refractivity contribution in [1.29, 1.82) is 0 Å². The van der Waals surface area contributed by atoms with Crippen LogP contribution < -0.4 is 4.74 Å². The Hall–Kier alpha value is -2.40. The van der Waals surface area contributed by atoms with Crippen LogP contribution >= 0.6 is 11.8 Å². The van der Waals surface area contributed by atoms with E-state index >= 15 is 0 Å². The topological polar surface area (TPSA) is 35.0 Å². The normalized spacial score (nSPS) is 12.3. The molecule has 25 heavy (non-hydrogen) atoms. The van der Waals surface area contributed by atoms with Crippen LogP contribution in [-0.2, 0) is 6.42 Å². The fraction of sp³-hybridized carbons (Fsp3) is 0.200. The highest BCUT2D eigenvalue weighted by Gasteiger charge is 2.24. The smallest absolute Gasteiger partial charge is 0.227 e. The second kappa shape index (κ2) is 6.48. The van der Waals surface area contributed by atoms with Crippen molar-refractivity contribution in [3.05, 3.63) is 65.0 Å². The van der Waals surface area contributed by atoms with Crippen LogP contribution in [0, 0.1) is 12.7 Å². The number of nitrogens with zero attached hydrogens (tertiary/aromatic N) is 2. The third-order valence-electron chi connectivity index (χ3n) is 4.10.